The van der Waals surface area contributed by atoms with Gasteiger partial charge in [-0.1, -0.05) is 0 Å². The summed E-state index contributed by atoms with van der Waals surface area (Å²) in [7, 11) is 1.32. The molecule has 0 heterocycles. The van der Waals surface area contributed by atoms with E-state index in [-0.39, 0.29) is 0 Å². The van der Waals surface area contributed by atoms with E-state index in [1.54, 1.807) is 12.1 Å². The van der Waals surface area contributed by atoms with Crippen molar-refractivity contribution < 1.29 is 4.21 Å². The first-order chi connectivity index (χ1) is 5.91. The molecule has 13 heavy (non-hydrogen) atoms. The summed E-state index contributed by atoms with van der Waals surface area (Å²) in [5.74, 6) is 0. The number of hydrogen-bond donors (Lipinski definition) is 1. The van der Waals surface area contributed by atoms with Crippen molar-refractivity contribution in [3.63, 3.8) is 0 Å². The van der Waals surface area contributed by atoms with Crippen LogP contribution < -0.4 is 4.90 Å². The molecule has 0 saturated heterocycles. The molecule has 1 aromatic rings. The number of benzene rings is 1. The van der Waals surface area contributed by atoms with Crippen molar-refractivity contribution in [1.82, 2.24) is 0 Å². The summed E-state index contributed by atoms with van der Waals surface area (Å²) in [6.07, 6.45) is 1.43. The predicted molar refractivity (Wildman–Crippen MR) is 55.8 cm³/mol. The third-order valence-electron chi connectivity index (χ3n) is 1.80. The summed E-state index contributed by atoms with van der Waals surface area (Å²) in [6.45, 7) is 0. The maximum atomic E-state index is 11.3. The van der Waals surface area contributed by atoms with Gasteiger partial charge in [0.25, 0.3) is 0 Å². The van der Waals surface area contributed by atoms with Crippen molar-refractivity contribution in [3.8, 4) is 0 Å². The molecule has 3 nitrogen and oxygen atoms in total. The second-order valence-electron chi connectivity index (χ2n) is 3.23. The third kappa shape index (κ3) is 2.45. The molecule has 0 radical (unpaired) electrons. The second-order valence-corrected chi connectivity index (χ2v) is 5.39. The molecular formula is C9H14N2OS. The fourth-order valence-corrected chi connectivity index (χ4v) is 1.66. The predicted octanol–water partition coefficient (Wildman–Crippen LogP) is 1.79. The number of nitrogens with one attached hydrogen (secondary N) is 1. The van der Waals surface area contributed by atoms with Crippen molar-refractivity contribution in [2.75, 3.05) is 25.3 Å². The second kappa shape index (κ2) is 3.38. The highest BCUT2D eigenvalue weighted by molar-refractivity contribution is 7.91. The van der Waals surface area contributed by atoms with E-state index < -0.39 is 9.73 Å². The molecule has 1 aromatic carbocycles. The maximum absolute atomic E-state index is 11.3. The fraction of sp³-hybridized carbons (Fsp3) is 0.333. The van der Waals surface area contributed by atoms with Crippen molar-refractivity contribution in [2.24, 2.45) is 0 Å². The van der Waals surface area contributed by atoms with Gasteiger partial charge in [-0.2, -0.15) is 0 Å². The van der Waals surface area contributed by atoms with Gasteiger partial charge in [0, 0.05) is 30.9 Å². The molecule has 0 bridgehead atoms. The summed E-state index contributed by atoms with van der Waals surface area (Å²) < 4.78 is 18.7. The standard InChI is InChI=1S/C9H14N2OS/c1-11(2)8-4-6-9(7-5-8)13(3,10)12/h4-7,10H,1-3H3. The maximum Gasteiger partial charge on any atom is 0.0696 e. The monoisotopic (exact) mass is 198 g/mol. The van der Waals surface area contributed by atoms with Gasteiger partial charge in [0.05, 0.1) is 9.73 Å². The van der Waals surface area contributed by atoms with Crippen LogP contribution in [-0.2, 0) is 9.73 Å². The highest BCUT2D eigenvalue weighted by Gasteiger charge is 2.02. The molecule has 0 fully saturated rings. The Balaban J connectivity index is 3.08. The van der Waals surface area contributed by atoms with Crippen LogP contribution in [0.15, 0.2) is 29.2 Å². The minimum atomic E-state index is -2.56. The summed E-state index contributed by atoms with van der Waals surface area (Å²) in [5, 5.41) is 0. The Labute approximate surface area is 79.4 Å². The van der Waals surface area contributed by atoms with Gasteiger partial charge in [0.15, 0.2) is 0 Å². The van der Waals surface area contributed by atoms with Crippen LogP contribution in [0.25, 0.3) is 0 Å². The molecule has 1 rings (SSSR count). The Hall–Kier alpha value is -1.03. The molecule has 1 N–H and O–H groups in total. The zero-order chi connectivity index (χ0) is 10.1. The first-order valence-electron chi connectivity index (χ1n) is 3.92. The van der Waals surface area contributed by atoms with Crippen LogP contribution in [0, 0.1) is 4.78 Å². The van der Waals surface area contributed by atoms with Crippen molar-refractivity contribution in [3.05, 3.63) is 24.3 Å². The van der Waals surface area contributed by atoms with E-state index in [0.29, 0.717) is 4.90 Å². The lowest BCUT2D eigenvalue weighted by Crippen LogP contribution is -2.08. The van der Waals surface area contributed by atoms with Gasteiger partial charge in [-0.05, 0) is 24.3 Å². The van der Waals surface area contributed by atoms with E-state index in [2.05, 4.69) is 0 Å². The quantitative estimate of drug-likeness (QED) is 0.787. The van der Waals surface area contributed by atoms with E-state index in [1.165, 1.54) is 6.26 Å². The lowest BCUT2D eigenvalue weighted by molar-refractivity contribution is 0.679. The molecule has 1 atom stereocenters. The number of nitrogens with zero attached hydrogens (tertiary/aromatic N) is 1. The van der Waals surface area contributed by atoms with Crippen molar-refractivity contribution in [1.29, 1.82) is 4.78 Å². The smallest absolute Gasteiger partial charge is 0.0696 e. The SMILES string of the molecule is CN(C)c1ccc(S(C)(=N)=O)cc1. The first-order valence-corrected chi connectivity index (χ1v) is 5.89. The number of rotatable bonds is 2. The lowest BCUT2D eigenvalue weighted by Gasteiger charge is -2.12. The Morgan fingerprint density at radius 3 is 2.00 bits per heavy atom. The van der Waals surface area contributed by atoms with Crippen LogP contribution in [0.3, 0.4) is 0 Å². The average Bonchev–Trinajstić information content (AvgIpc) is 2.03. The van der Waals surface area contributed by atoms with E-state index in [4.69, 9.17) is 4.78 Å². The molecule has 0 saturated carbocycles. The first kappa shape index (κ1) is 10.1. The van der Waals surface area contributed by atoms with E-state index in [1.807, 2.05) is 31.1 Å². The normalized spacial score (nSPS) is 15.0. The van der Waals surface area contributed by atoms with Crippen LogP contribution in [-0.4, -0.2) is 24.6 Å². The minimum absolute atomic E-state index is 0.582. The van der Waals surface area contributed by atoms with Crippen LogP contribution in [0.2, 0.25) is 0 Å². The Bertz CT molecular complexity index is 379. The van der Waals surface area contributed by atoms with Gasteiger partial charge in [-0.25, -0.2) is 8.99 Å². The Morgan fingerprint density at radius 1 is 1.23 bits per heavy atom. The van der Waals surface area contributed by atoms with E-state index in [0.717, 1.165) is 5.69 Å². The van der Waals surface area contributed by atoms with Gasteiger partial charge in [-0.3, -0.25) is 0 Å². The van der Waals surface area contributed by atoms with Crippen LogP contribution in [0.1, 0.15) is 0 Å². The molecule has 0 aliphatic rings. The summed E-state index contributed by atoms with van der Waals surface area (Å²) >= 11 is 0. The van der Waals surface area contributed by atoms with Crippen LogP contribution >= 0.6 is 0 Å². The van der Waals surface area contributed by atoms with Gasteiger partial charge in [0.2, 0.25) is 0 Å². The van der Waals surface area contributed by atoms with Crippen molar-refractivity contribution >= 4 is 15.4 Å². The molecule has 0 amide bonds. The molecular weight excluding hydrogens is 184 g/mol. The fourth-order valence-electron chi connectivity index (χ4n) is 1.00. The third-order valence-corrected chi connectivity index (χ3v) is 2.97. The topological polar surface area (TPSA) is 44.2 Å². The minimum Gasteiger partial charge on any atom is -0.378 e. The Morgan fingerprint density at radius 2 is 1.69 bits per heavy atom. The van der Waals surface area contributed by atoms with Gasteiger partial charge < -0.3 is 4.90 Å². The molecule has 0 aromatic heterocycles. The van der Waals surface area contributed by atoms with Crippen LogP contribution in [0.5, 0.6) is 0 Å². The number of hydrogen-bond acceptors (Lipinski definition) is 3. The molecule has 4 heteroatoms. The largest absolute Gasteiger partial charge is 0.378 e. The molecule has 0 aliphatic carbocycles. The van der Waals surface area contributed by atoms with Gasteiger partial charge in [0.1, 0.15) is 0 Å². The molecule has 0 spiro atoms. The highest BCUT2D eigenvalue weighted by Crippen LogP contribution is 2.15. The van der Waals surface area contributed by atoms with Crippen LogP contribution in [0.4, 0.5) is 5.69 Å². The summed E-state index contributed by atoms with van der Waals surface area (Å²) in [4.78, 5) is 2.55. The highest BCUT2D eigenvalue weighted by atomic mass is 32.2. The zero-order valence-corrected chi connectivity index (χ0v) is 8.89. The van der Waals surface area contributed by atoms with E-state index in [9.17, 15) is 4.21 Å². The van der Waals surface area contributed by atoms with Gasteiger partial charge in [-0.15, -0.1) is 0 Å². The average molecular weight is 198 g/mol. The van der Waals surface area contributed by atoms with E-state index >= 15 is 0 Å². The summed E-state index contributed by atoms with van der Waals surface area (Å²) in [5.41, 5.74) is 1.05. The molecule has 1 unspecified atom stereocenters. The summed E-state index contributed by atoms with van der Waals surface area (Å²) in [6, 6.07) is 7.22. The van der Waals surface area contributed by atoms with Gasteiger partial charge >= 0.3 is 0 Å². The number of anilines is 1. The van der Waals surface area contributed by atoms with Crippen molar-refractivity contribution in [2.45, 2.75) is 4.90 Å². The Kier molecular flexibility index (Phi) is 2.61. The lowest BCUT2D eigenvalue weighted by atomic mass is 10.3. The zero-order valence-electron chi connectivity index (χ0n) is 8.07. The molecule has 72 valence electrons. The molecule has 0 aliphatic heterocycles.